The molecule has 20 heavy (non-hydrogen) atoms. The second kappa shape index (κ2) is 6.73. The van der Waals surface area contributed by atoms with E-state index < -0.39 is 0 Å². The van der Waals surface area contributed by atoms with Gasteiger partial charge in [0.15, 0.2) is 0 Å². The molecule has 0 fully saturated rings. The molecule has 2 nitrogen and oxygen atoms in total. The van der Waals surface area contributed by atoms with Crippen LogP contribution in [-0.4, -0.2) is 0 Å². The molecule has 2 rings (SSSR count). The maximum absolute atomic E-state index is 13.6. The van der Waals surface area contributed by atoms with Crippen LogP contribution in [-0.2, 0) is 6.61 Å². The first kappa shape index (κ1) is 14.8. The van der Waals surface area contributed by atoms with Crippen LogP contribution in [0.25, 0.3) is 0 Å². The molecule has 0 bridgehead atoms. The summed E-state index contributed by atoms with van der Waals surface area (Å²) in [6.07, 6.45) is 0.885. The van der Waals surface area contributed by atoms with Crippen molar-refractivity contribution in [3.05, 3.63) is 64.4 Å². The Kier molecular flexibility index (Phi) is 4.99. The predicted molar refractivity (Wildman–Crippen MR) is 79.4 cm³/mol. The van der Waals surface area contributed by atoms with E-state index >= 15 is 0 Å². The van der Waals surface area contributed by atoms with Crippen LogP contribution in [0.15, 0.2) is 42.5 Å². The van der Waals surface area contributed by atoms with Gasteiger partial charge in [0.2, 0.25) is 0 Å². The van der Waals surface area contributed by atoms with Gasteiger partial charge in [-0.3, -0.25) is 0 Å². The zero-order valence-corrected chi connectivity index (χ0v) is 12.0. The van der Waals surface area contributed by atoms with E-state index in [1.165, 1.54) is 6.07 Å². The molecule has 0 saturated heterocycles. The summed E-state index contributed by atoms with van der Waals surface area (Å²) >= 11 is 5.70. The summed E-state index contributed by atoms with van der Waals surface area (Å²) in [5, 5.41) is 0.379. The van der Waals surface area contributed by atoms with Crippen molar-refractivity contribution >= 4 is 11.6 Å². The van der Waals surface area contributed by atoms with Gasteiger partial charge < -0.3 is 10.5 Å². The third-order valence-electron chi connectivity index (χ3n) is 3.16. The molecule has 106 valence electrons. The zero-order chi connectivity index (χ0) is 14.5. The number of ether oxygens (including phenoxy) is 1. The van der Waals surface area contributed by atoms with Gasteiger partial charge in [-0.25, -0.2) is 4.39 Å². The van der Waals surface area contributed by atoms with E-state index in [2.05, 4.69) is 0 Å². The first-order valence-electron chi connectivity index (χ1n) is 6.52. The molecule has 2 N–H and O–H groups in total. The van der Waals surface area contributed by atoms with Crippen molar-refractivity contribution in [3.8, 4) is 5.75 Å². The summed E-state index contributed by atoms with van der Waals surface area (Å²) in [4.78, 5) is 0. The Hall–Kier alpha value is -1.58. The van der Waals surface area contributed by atoms with Crippen molar-refractivity contribution in [2.24, 2.45) is 5.73 Å². The van der Waals surface area contributed by atoms with Gasteiger partial charge in [0, 0.05) is 16.6 Å². The average Bonchev–Trinajstić information content (AvgIpc) is 2.46. The van der Waals surface area contributed by atoms with Crippen LogP contribution in [0.4, 0.5) is 4.39 Å². The second-order valence-corrected chi connectivity index (χ2v) is 5.04. The average molecular weight is 294 g/mol. The minimum absolute atomic E-state index is 0.0396. The topological polar surface area (TPSA) is 35.2 Å². The lowest BCUT2D eigenvalue weighted by Gasteiger charge is -2.11. The van der Waals surface area contributed by atoms with Crippen LogP contribution in [0.5, 0.6) is 5.75 Å². The Bertz CT molecular complexity index is 571. The molecule has 0 aliphatic heterocycles. The molecule has 0 saturated carbocycles. The van der Waals surface area contributed by atoms with Crippen molar-refractivity contribution in [3.63, 3.8) is 0 Å². The van der Waals surface area contributed by atoms with Gasteiger partial charge in [-0.05, 0) is 36.2 Å². The first-order valence-corrected chi connectivity index (χ1v) is 6.90. The lowest BCUT2D eigenvalue weighted by molar-refractivity contribution is 0.299. The highest BCUT2D eigenvalue weighted by molar-refractivity contribution is 6.30. The third-order valence-corrected chi connectivity index (χ3v) is 3.39. The fourth-order valence-electron chi connectivity index (χ4n) is 1.85. The molecule has 0 aliphatic rings. The summed E-state index contributed by atoms with van der Waals surface area (Å²) < 4.78 is 19.1. The van der Waals surface area contributed by atoms with Gasteiger partial charge in [-0.15, -0.1) is 0 Å². The fraction of sp³-hybridized carbons (Fsp3) is 0.250. The number of hydrogen-bond acceptors (Lipinski definition) is 2. The quantitative estimate of drug-likeness (QED) is 0.883. The predicted octanol–water partition coefficient (Wildman–Crippen LogP) is 4.47. The van der Waals surface area contributed by atoms with Gasteiger partial charge in [0.25, 0.3) is 0 Å². The van der Waals surface area contributed by atoms with Crippen LogP contribution < -0.4 is 10.5 Å². The second-order valence-electron chi connectivity index (χ2n) is 4.61. The summed E-state index contributed by atoms with van der Waals surface area (Å²) in [5.41, 5.74) is 7.48. The first-order chi connectivity index (χ1) is 9.60. The smallest absolute Gasteiger partial charge is 0.131 e. The minimum Gasteiger partial charge on any atom is -0.489 e. The number of benzene rings is 2. The maximum Gasteiger partial charge on any atom is 0.131 e. The molecule has 2 aromatic rings. The molecule has 0 aromatic heterocycles. The van der Waals surface area contributed by atoms with E-state index in [1.54, 1.807) is 12.1 Å². The molecule has 0 radical (unpaired) electrons. The Morgan fingerprint density at radius 2 is 1.90 bits per heavy atom. The van der Waals surface area contributed by atoms with Crippen molar-refractivity contribution in [2.75, 3.05) is 0 Å². The lowest BCUT2D eigenvalue weighted by atomic mass is 10.1. The molecule has 4 heteroatoms. The Morgan fingerprint density at radius 3 is 2.50 bits per heavy atom. The molecular formula is C16H17ClFNO. The van der Waals surface area contributed by atoms with Gasteiger partial charge in [0.05, 0.1) is 0 Å². The van der Waals surface area contributed by atoms with Crippen molar-refractivity contribution < 1.29 is 9.13 Å². The van der Waals surface area contributed by atoms with Gasteiger partial charge in [-0.2, -0.15) is 0 Å². The third kappa shape index (κ3) is 3.71. The summed E-state index contributed by atoms with van der Waals surface area (Å²) in [6.45, 7) is 2.21. The highest BCUT2D eigenvalue weighted by Crippen LogP contribution is 2.20. The largest absolute Gasteiger partial charge is 0.489 e. The van der Waals surface area contributed by atoms with Crippen molar-refractivity contribution in [1.29, 1.82) is 0 Å². The van der Waals surface area contributed by atoms with Gasteiger partial charge >= 0.3 is 0 Å². The van der Waals surface area contributed by atoms with Crippen LogP contribution in [0.1, 0.15) is 30.5 Å². The molecule has 0 amide bonds. The Labute approximate surface area is 123 Å². The molecule has 1 atom stereocenters. The highest BCUT2D eigenvalue weighted by atomic mass is 35.5. The van der Waals surface area contributed by atoms with Gasteiger partial charge in [0.1, 0.15) is 18.2 Å². The summed E-state index contributed by atoms with van der Waals surface area (Å²) in [5.74, 6) is 0.327. The van der Waals surface area contributed by atoms with E-state index in [4.69, 9.17) is 22.1 Å². The summed E-state index contributed by atoms with van der Waals surface area (Å²) in [7, 11) is 0. The van der Waals surface area contributed by atoms with E-state index in [9.17, 15) is 4.39 Å². The number of rotatable bonds is 5. The van der Waals surface area contributed by atoms with Crippen LogP contribution >= 0.6 is 11.6 Å². The number of nitrogens with two attached hydrogens (primary N) is 1. The van der Waals surface area contributed by atoms with E-state index in [-0.39, 0.29) is 18.5 Å². The zero-order valence-electron chi connectivity index (χ0n) is 11.3. The maximum atomic E-state index is 13.6. The van der Waals surface area contributed by atoms with Gasteiger partial charge in [-0.1, -0.05) is 36.7 Å². The van der Waals surface area contributed by atoms with Crippen LogP contribution in [0.2, 0.25) is 5.02 Å². The van der Waals surface area contributed by atoms with Crippen molar-refractivity contribution in [2.45, 2.75) is 26.0 Å². The van der Waals surface area contributed by atoms with E-state index in [0.29, 0.717) is 16.3 Å². The molecule has 0 heterocycles. The summed E-state index contributed by atoms with van der Waals surface area (Å²) in [6, 6.07) is 12.1. The van der Waals surface area contributed by atoms with E-state index in [1.807, 2.05) is 31.2 Å². The minimum atomic E-state index is -0.359. The molecule has 1 unspecified atom stereocenters. The standard InChI is InChI=1S/C16H17ClFNO/c1-2-16(19)11-4-7-14(8-5-11)20-10-12-3-6-13(17)9-15(12)18/h3-9,16H,2,10,19H2,1H3. The Morgan fingerprint density at radius 1 is 1.20 bits per heavy atom. The fourth-order valence-corrected chi connectivity index (χ4v) is 2.01. The SMILES string of the molecule is CCC(N)c1ccc(OCc2ccc(Cl)cc2F)cc1. The normalized spacial score (nSPS) is 12.2. The number of hydrogen-bond donors (Lipinski definition) is 1. The Balaban J connectivity index is 2.00. The lowest BCUT2D eigenvalue weighted by Crippen LogP contribution is -2.08. The van der Waals surface area contributed by atoms with Crippen LogP contribution in [0.3, 0.4) is 0 Å². The number of halogens is 2. The molecule has 2 aromatic carbocycles. The molecular weight excluding hydrogens is 277 g/mol. The van der Waals surface area contributed by atoms with Crippen LogP contribution in [0, 0.1) is 5.82 Å². The van der Waals surface area contributed by atoms with Crippen molar-refractivity contribution in [1.82, 2.24) is 0 Å². The monoisotopic (exact) mass is 293 g/mol. The molecule has 0 spiro atoms. The van der Waals surface area contributed by atoms with E-state index in [0.717, 1.165) is 12.0 Å². The molecule has 0 aliphatic carbocycles. The highest BCUT2D eigenvalue weighted by Gasteiger charge is 2.05.